The molecule has 0 saturated heterocycles. The van der Waals surface area contributed by atoms with Crippen LogP contribution >= 0.6 is 11.6 Å². The Labute approximate surface area is 200 Å². The Bertz CT molecular complexity index is 1110. The summed E-state index contributed by atoms with van der Waals surface area (Å²) in [6.45, 7) is 1.95. The summed E-state index contributed by atoms with van der Waals surface area (Å²) in [5.74, 6) is 1.32. The van der Waals surface area contributed by atoms with Crippen LogP contribution in [0.2, 0.25) is 5.02 Å². The molecule has 1 heterocycles. The summed E-state index contributed by atoms with van der Waals surface area (Å²) in [4.78, 5) is 19.2. The van der Waals surface area contributed by atoms with Gasteiger partial charge in [0.1, 0.15) is 0 Å². The first-order chi connectivity index (χ1) is 15.9. The molecule has 0 amide bonds. The molecular formula is C27H30ClN3O2. The fourth-order valence-corrected chi connectivity index (χ4v) is 4.96. The summed E-state index contributed by atoms with van der Waals surface area (Å²) in [6.07, 6.45) is 8.54. The molecule has 6 heteroatoms. The number of hydrogen-bond acceptors (Lipinski definition) is 5. The van der Waals surface area contributed by atoms with Crippen molar-refractivity contribution in [3.05, 3.63) is 88.0 Å². The van der Waals surface area contributed by atoms with E-state index in [1.54, 1.807) is 6.07 Å². The molecule has 0 radical (unpaired) electrons. The zero-order valence-electron chi connectivity index (χ0n) is 19.4. The normalized spacial score (nSPS) is 19.8. The summed E-state index contributed by atoms with van der Waals surface area (Å²) in [6, 6.07) is 16.0. The molecule has 5 nitrogen and oxygen atoms in total. The smallest absolute Gasteiger partial charge is 0.250 e. The molecule has 3 aromatic rings. The molecule has 172 valence electrons. The number of aromatic nitrogens is 2. The monoisotopic (exact) mass is 463 g/mol. The number of allylic oxidation sites excluding steroid dienone is 1. The van der Waals surface area contributed by atoms with Gasteiger partial charge in [-0.3, -0.25) is 4.79 Å². The third kappa shape index (κ3) is 5.79. The summed E-state index contributed by atoms with van der Waals surface area (Å²) in [5, 5.41) is 4.65. The standard InChI is InChI=1S/C27H30ClN3O2/c1-18-5-4-6-22(17-18)26(32)27-29-24(33-30-27)16-9-19-7-10-20(11-8-19)25(31(2)3)21-12-14-23(28)15-13-21/h4-6,9,12-17,19-20,25H,7-8,10-11H2,1-3H3/b16-9+. The van der Waals surface area contributed by atoms with Gasteiger partial charge in [0.05, 0.1) is 0 Å². The van der Waals surface area contributed by atoms with Crippen LogP contribution in [0, 0.1) is 18.8 Å². The van der Waals surface area contributed by atoms with Crippen LogP contribution in [-0.4, -0.2) is 34.9 Å². The number of aryl methyl sites for hydroxylation is 1. The lowest BCUT2D eigenvalue weighted by molar-refractivity contribution is 0.102. The van der Waals surface area contributed by atoms with Crippen molar-refractivity contribution in [3.8, 4) is 0 Å². The Kier molecular flexibility index (Phi) is 7.41. The number of halogens is 1. The van der Waals surface area contributed by atoms with Crippen LogP contribution in [0.1, 0.15) is 64.9 Å². The maximum absolute atomic E-state index is 12.6. The quantitative estimate of drug-likeness (QED) is 0.380. The molecule has 1 unspecified atom stereocenters. The van der Waals surface area contributed by atoms with Crippen LogP contribution in [0.3, 0.4) is 0 Å². The van der Waals surface area contributed by atoms with Crippen LogP contribution in [-0.2, 0) is 0 Å². The minimum atomic E-state index is -0.223. The minimum absolute atomic E-state index is 0.0979. The number of hydrogen-bond donors (Lipinski definition) is 0. The average Bonchev–Trinajstić information content (AvgIpc) is 3.28. The largest absolute Gasteiger partial charge is 0.334 e. The molecular weight excluding hydrogens is 434 g/mol. The first kappa shape index (κ1) is 23.4. The van der Waals surface area contributed by atoms with Gasteiger partial charge in [0.25, 0.3) is 5.89 Å². The van der Waals surface area contributed by atoms with E-state index >= 15 is 0 Å². The average molecular weight is 464 g/mol. The Morgan fingerprint density at radius 2 is 1.85 bits per heavy atom. The fraction of sp³-hybridized carbons (Fsp3) is 0.370. The van der Waals surface area contributed by atoms with E-state index in [1.807, 2.05) is 43.3 Å². The van der Waals surface area contributed by atoms with Gasteiger partial charge in [-0.15, -0.1) is 0 Å². The van der Waals surface area contributed by atoms with Crippen LogP contribution in [0.5, 0.6) is 0 Å². The molecule has 33 heavy (non-hydrogen) atoms. The highest BCUT2D eigenvalue weighted by atomic mass is 35.5. The molecule has 1 saturated carbocycles. The number of rotatable bonds is 7. The van der Waals surface area contributed by atoms with Gasteiger partial charge >= 0.3 is 0 Å². The number of carbonyl (C=O) groups excluding carboxylic acids is 1. The van der Waals surface area contributed by atoms with Gasteiger partial charge in [0.15, 0.2) is 0 Å². The second-order valence-corrected chi connectivity index (χ2v) is 9.59. The lowest BCUT2D eigenvalue weighted by Gasteiger charge is -2.37. The van der Waals surface area contributed by atoms with Crippen LogP contribution in [0.4, 0.5) is 0 Å². The van der Waals surface area contributed by atoms with Gasteiger partial charge in [-0.05, 0) is 88.4 Å². The zero-order valence-corrected chi connectivity index (χ0v) is 20.1. The summed E-state index contributed by atoms with van der Waals surface area (Å²) in [7, 11) is 4.30. The first-order valence-corrected chi connectivity index (χ1v) is 11.8. The maximum Gasteiger partial charge on any atom is 0.250 e. The van der Waals surface area contributed by atoms with E-state index in [2.05, 4.69) is 47.3 Å². The molecule has 1 fully saturated rings. The van der Waals surface area contributed by atoms with Gasteiger partial charge in [-0.25, -0.2) is 0 Å². The SMILES string of the molecule is Cc1cccc(C(=O)c2noc(/C=C/C3CCC(C(c4ccc(Cl)cc4)N(C)C)CC3)n2)c1. The molecule has 1 aliphatic rings. The van der Waals surface area contributed by atoms with Gasteiger partial charge in [0.2, 0.25) is 11.6 Å². The maximum atomic E-state index is 12.6. The molecule has 0 spiro atoms. The van der Waals surface area contributed by atoms with Crippen molar-refractivity contribution in [1.82, 2.24) is 15.0 Å². The van der Waals surface area contributed by atoms with Crippen molar-refractivity contribution in [2.75, 3.05) is 14.1 Å². The van der Waals surface area contributed by atoms with Crippen molar-refractivity contribution >= 4 is 23.5 Å². The molecule has 2 aromatic carbocycles. The third-order valence-electron chi connectivity index (χ3n) is 6.47. The Balaban J connectivity index is 1.36. The molecule has 1 aliphatic carbocycles. The first-order valence-electron chi connectivity index (χ1n) is 11.5. The van der Waals surface area contributed by atoms with E-state index in [1.165, 1.54) is 5.56 Å². The van der Waals surface area contributed by atoms with E-state index in [0.717, 1.165) is 36.3 Å². The number of benzene rings is 2. The van der Waals surface area contributed by atoms with E-state index in [0.29, 0.717) is 29.3 Å². The molecule has 1 aromatic heterocycles. The van der Waals surface area contributed by atoms with Crippen molar-refractivity contribution in [1.29, 1.82) is 0 Å². The Hall–Kier alpha value is -2.76. The molecule has 4 rings (SSSR count). The lowest BCUT2D eigenvalue weighted by atomic mass is 9.76. The van der Waals surface area contributed by atoms with Crippen molar-refractivity contribution in [3.63, 3.8) is 0 Å². The van der Waals surface area contributed by atoms with E-state index in [-0.39, 0.29) is 11.6 Å². The third-order valence-corrected chi connectivity index (χ3v) is 6.72. The van der Waals surface area contributed by atoms with Crippen molar-refractivity contribution < 1.29 is 9.32 Å². The summed E-state index contributed by atoms with van der Waals surface area (Å²) < 4.78 is 5.30. The van der Waals surface area contributed by atoms with E-state index in [9.17, 15) is 4.79 Å². The Morgan fingerprint density at radius 3 is 2.52 bits per heavy atom. The highest BCUT2D eigenvalue weighted by Crippen LogP contribution is 2.40. The predicted molar refractivity (Wildman–Crippen MR) is 131 cm³/mol. The van der Waals surface area contributed by atoms with Crippen molar-refractivity contribution in [2.45, 2.75) is 38.6 Å². The second-order valence-electron chi connectivity index (χ2n) is 9.15. The van der Waals surface area contributed by atoms with Gasteiger partial charge in [-0.2, -0.15) is 4.98 Å². The molecule has 0 aliphatic heterocycles. The van der Waals surface area contributed by atoms with E-state index < -0.39 is 0 Å². The van der Waals surface area contributed by atoms with Gasteiger partial charge in [-0.1, -0.05) is 58.7 Å². The highest BCUT2D eigenvalue weighted by Gasteiger charge is 2.29. The fourth-order valence-electron chi connectivity index (χ4n) is 4.83. The highest BCUT2D eigenvalue weighted by molar-refractivity contribution is 6.30. The number of carbonyl (C=O) groups is 1. The predicted octanol–water partition coefficient (Wildman–Crippen LogP) is 6.38. The Morgan fingerprint density at radius 1 is 1.12 bits per heavy atom. The molecule has 0 N–H and O–H groups in total. The lowest BCUT2D eigenvalue weighted by Crippen LogP contribution is -2.30. The molecule has 1 atom stereocenters. The minimum Gasteiger partial charge on any atom is -0.334 e. The molecule has 0 bridgehead atoms. The second kappa shape index (κ2) is 10.4. The zero-order chi connectivity index (χ0) is 23.4. The number of ketones is 1. The summed E-state index contributed by atoms with van der Waals surface area (Å²) in [5.41, 5.74) is 2.91. The van der Waals surface area contributed by atoms with Crippen LogP contribution in [0.25, 0.3) is 6.08 Å². The van der Waals surface area contributed by atoms with Crippen LogP contribution in [0.15, 0.2) is 59.1 Å². The topological polar surface area (TPSA) is 59.2 Å². The summed E-state index contributed by atoms with van der Waals surface area (Å²) >= 11 is 6.09. The van der Waals surface area contributed by atoms with Gasteiger partial charge in [0, 0.05) is 16.6 Å². The van der Waals surface area contributed by atoms with Crippen LogP contribution < -0.4 is 0 Å². The van der Waals surface area contributed by atoms with Crippen molar-refractivity contribution in [2.24, 2.45) is 11.8 Å². The van der Waals surface area contributed by atoms with E-state index in [4.69, 9.17) is 16.1 Å². The number of nitrogens with zero attached hydrogens (tertiary/aromatic N) is 3. The van der Waals surface area contributed by atoms with Gasteiger partial charge < -0.3 is 9.42 Å².